The number of nitrogens with two attached hydrogens (primary N) is 2. The number of phenols is 1. The molecule has 0 aliphatic heterocycles. The maximum atomic E-state index is 13.1. The summed E-state index contributed by atoms with van der Waals surface area (Å²) in [5.74, 6) is -1.90. The van der Waals surface area contributed by atoms with E-state index in [1.807, 2.05) is 0 Å². The molecule has 0 radical (unpaired) electrons. The molecule has 12 nitrogen and oxygen atoms in total. The summed E-state index contributed by atoms with van der Waals surface area (Å²) in [5, 5.41) is 24.9. The summed E-state index contributed by atoms with van der Waals surface area (Å²) >= 11 is 0. The predicted octanol–water partition coefficient (Wildman–Crippen LogP) is -0.196. The lowest BCUT2D eigenvalue weighted by Gasteiger charge is -2.31. The van der Waals surface area contributed by atoms with Crippen LogP contribution < -0.4 is 22.1 Å². The fourth-order valence-corrected chi connectivity index (χ4v) is 3.93. The number of ketones is 1. The lowest BCUT2D eigenvalue weighted by Crippen LogP contribution is -2.53. The first kappa shape index (κ1) is 32.5. The van der Waals surface area contributed by atoms with Gasteiger partial charge in [-0.25, -0.2) is 0 Å². The number of nitrogens with zero attached hydrogens (tertiary/aromatic N) is 2. The van der Waals surface area contributed by atoms with Crippen LogP contribution in [-0.4, -0.2) is 95.1 Å². The maximum Gasteiger partial charge on any atom is 0.245 e. The Morgan fingerprint density at radius 1 is 0.875 bits per heavy atom. The molecule has 0 aromatic heterocycles. The topological polar surface area (TPSA) is 191 Å². The molecule has 4 atom stereocenters. The summed E-state index contributed by atoms with van der Waals surface area (Å²) < 4.78 is 0. The number of hydrogen-bond acceptors (Lipinski definition) is 10. The summed E-state index contributed by atoms with van der Waals surface area (Å²) in [6.45, 7) is 3.16. The van der Waals surface area contributed by atoms with Gasteiger partial charge in [-0.3, -0.25) is 29.4 Å². The summed E-state index contributed by atoms with van der Waals surface area (Å²) in [6.07, 6.45) is 0.516. The van der Waals surface area contributed by atoms with Crippen molar-refractivity contribution in [3.8, 4) is 5.75 Å². The average Bonchev–Trinajstić information content (AvgIpc) is 2.91. The fraction of sp³-hybridized carbons (Fsp3) is 0.429. The molecule has 40 heavy (non-hydrogen) atoms. The number of carbonyl (C=O) groups is 4. The molecule has 2 rings (SSSR count). The Hall–Kier alpha value is -3.68. The van der Waals surface area contributed by atoms with Gasteiger partial charge in [-0.2, -0.15) is 5.06 Å². The Balaban J connectivity index is 2.11. The minimum atomic E-state index is -0.797. The minimum absolute atomic E-state index is 0.132. The number of Topliss-reactive ketones (excluding diaryl/α,β-unsaturated/α-hetero) is 1. The van der Waals surface area contributed by atoms with Crippen molar-refractivity contribution in [2.24, 2.45) is 11.5 Å². The van der Waals surface area contributed by atoms with Crippen LogP contribution in [0.5, 0.6) is 5.75 Å². The van der Waals surface area contributed by atoms with Crippen molar-refractivity contribution in [3.63, 3.8) is 0 Å². The number of carbonyl (C=O) groups excluding carboxylic acids is 4. The molecule has 0 saturated carbocycles. The number of hydroxylamine groups is 2. The van der Waals surface area contributed by atoms with Gasteiger partial charge in [0.15, 0.2) is 5.78 Å². The van der Waals surface area contributed by atoms with Crippen molar-refractivity contribution >= 4 is 23.5 Å². The molecule has 12 heteroatoms. The van der Waals surface area contributed by atoms with E-state index in [9.17, 15) is 29.5 Å². The van der Waals surface area contributed by atoms with Gasteiger partial charge in [-0.15, -0.1) is 0 Å². The first-order chi connectivity index (χ1) is 18.8. The number of benzene rings is 2. The molecule has 2 aromatic rings. The standard InChI is InChI=1S/C28H40N6O6/c1-17(34(4)40)16-33(3)24(28(39)32-25(36)15-31-27(38)18(2)29)14-20-5-9-21(10-6-20)26(37)23(30)13-19-7-11-22(35)12-8-19/h5-12,17-18,23-24,35,40H,13-16,29-30H2,1-4H3,(H,31,38)(H,32,36,39). The second-order valence-electron chi connectivity index (χ2n) is 10.0. The highest BCUT2D eigenvalue weighted by atomic mass is 16.5. The highest BCUT2D eigenvalue weighted by molar-refractivity contribution is 6.01. The molecular weight excluding hydrogens is 516 g/mol. The van der Waals surface area contributed by atoms with E-state index in [0.29, 0.717) is 18.5 Å². The highest BCUT2D eigenvalue weighted by Gasteiger charge is 2.27. The molecule has 0 fully saturated rings. The van der Waals surface area contributed by atoms with E-state index in [4.69, 9.17) is 11.5 Å². The van der Waals surface area contributed by atoms with E-state index in [0.717, 1.165) is 16.2 Å². The van der Waals surface area contributed by atoms with Gasteiger partial charge in [0.2, 0.25) is 17.7 Å². The summed E-state index contributed by atoms with van der Waals surface area (Å²) in [5.41, 5.74) is 13.6. The molecule has 0 saturated heterocycles. The zero-order chi connectivity index (χ0) is 30.0. The molecule has 3 amide bonds. The highest BCUT2D eigenvalue weighted by Crippen LogP contribution is 2.15. The van der Waals surface area contributed by atoms with Crippen LogP contribution in [0.2, 0.25) is 0 Å². The van der Waals surface area contributed by atoms with Crippen LogP contribution in [0.15, 0.2) is 48.5 Å². The van der Waals surface area contributed by atoms with E-state index in [1.54, 1.807) is 55.3 Å². The Morgan fingerprint density at radius 2 is 1.43 bits per heavy atom. The lowest BCUT2D eigenvalue weighted by molar-refractivity contribution is -0.136. The molecule has 0 spiro atoms. The first-order valence-corrected chi connectivity index (χ1v) is 12.9. The zero-order valence-electron chi connectivity index (χ0n) is 23.3. The number of imide groups is 1. The van der Waals surface area contributed by atoms with Gasteiger partial charge in [0.25, 0.3) is 0 Å². The molecule has 0 aliphatic rings. The Bertz CT molecular complexity index is 1150. The fourth-order valence-electron chi connectivity index (χ4n) is 3.93. The van der Waals surface area contributed by atoms with E-state index >= 15 is 0 Å². The molecular formula is C28H40N6O6. The Morgan fingerprint density at radius 3 is 1.98 bits per heavy atom. The molecule has 0 bridgehead atoms. The zero-order valence-corrected chi connectivity index (χ0v) is 23.3. The summed E-state index contributed by atoms with van der Waals surface area (Å²) in [4.78, 5) is 51.7. The van der Waals surface area contributed by atoms with E-state index in [-0.39, 0.29) is 24.0 Å². The van der Waals surface area contributed by atoms with Gasteiger partial charge < -0.3 is 27.1 Å². The number of rotatable bonds is 14. The summed E-state index contributed by atoms with van der Waals surface area (Å²) in [7, 11) is 3.20. The van der Waals surface area contributed by atoms with Crippen molar-refractivity contribution in [1.82, 2.24) is 20.6 Å². The van der Waals surface area contributed by atoms with E-state index in [1.165, 1.54) is 26.1 Å². The minimum Gasteiger partial charge on any atom is -0.508 e. The van der Waals surface area contributed by atoms with Crippen LogP contribution >= 0.6 is 0 Å². The Kier molecular flexibility index (Phi) is 12.4. The third-order valence-corrected chi connectivity index (χ3v) is 6.52. The smallest absolute Gasteiger partial charge is 0.245 e. The van der Waals surface area contributed by atoms with Crippen molar-refractivity contribution < 1.29 is 29.5 Å². The van der Waals surface area contributed by atoms with Crippen LogP contribution in [0.25, 0.3) is 0 Å². The van der Waals surface area contributed by atoms with Crippen LogP contribution in [0.4, 0.5) is 0 Å². The van der Waals surface area contributed by atoms with Crippen molar-refractivity contribution in [2.75, 3.05) is 27.2 Å². The number of amides is 3. The van der Waals surface area contributed by atoms with E-state index in [2.05, 4.69) is 10.6 Å². The second kappa shape index (κ2) is 15.2. The van der Waals surface area contributed by atoms with Gasteiger partial charge in [0, 0.05) is 25.2 Å². The van der Waals surface area contributed by atoms with Crippen molar-refractivity contribution in [2.45, 2.75) is 50.9 Å². The quantitative estimate of drug-likeness (QED) is 0.134. The molecule has 8 N–H and O–H groups in total. The van der Waals surface area contributed by atoms with Crippen LogP contribution in [0.1, 0.15) is 35.3 Å². The number of likely N-dealkylation sites (N-methyl/N-ethyl adjacent to an activating group) is 2. The summed E-state index contributed by atoms with van der Waals surface area (Å²) in [6, 6.07) is 10.5. The third-order valence-electron chi connectivity index (χ3n) is 6.52. The third kappa shape index (κ3) is 10.1. The largest absolute Gasteiger partial charge is 0.508 e. The van der Waals surface area contributed by atoms with Crippen molar-refractivity contribution in [3.05, 3.63) is 65.2 Å². The number of hydrogen-bond donors (Lipinski definition) is 6. The number of phenolic OH excluding ortho intramolecular Hbond substituents is 1. The number of nitrogens with one attached hydrogen (secondary N) is 2. The van der Waals surface area contributed by atoms with Gasteiger partial charge in [0.05, 0.1) is 24.7 Å². The predicted molar refractivity (Wildman–Crippen MR) is 150 cm³/mol. The molecule has 4 unspecified atom stereocenters. The number of aromatic hydroxyl groups is 1. The van der Waals surface area contributed by atoms with Gasteiger partial charge in [-0.05, 0) is 57.0 Å². The van der Waals surface area contributed by atoms with Gasteiger partial charge in [0.1, 0.15) is 5.75 Å². The van der Waals surface area contributed by atoms with Crippen LogP contribution in [-0.2, 0) is 27.2 Å². The lowest BCUT2D eigenvalue weighted by atomic mass is 9.96. The van der Waals surface area contributed by atoms with Crippen LogP contribution in [0, 0.1) is 0 Å². The molecule has 2 aromatic carbocycles. The van der Waals surface area contributed by atoms with Crippen LogP contribution in [0.3, 0.4) is 0 Å². The SMILES string of the molecule is CC(N)C(=O)NCC(=O)NC(=O)C(Cc1ccc(C(=O)C(N)Cc2ccc(O)cc2)cc1)N(C)CC(C)N(C)O. The molecule has 218 valence electrons. The normalized spacial score (nSPS) is 14.3. The Labute approximate surface area is 234 Å². The van der Waals surface area contributed by atoms with E-state index < -0.39 is 42.4 Å². The average molecular weight is 557 g/mol. The molecule has 0 aliphatic carbocycles. The second-order valence-corrected chi connectivity index (χ2v) is 10.0. The maximum absolute atomic E-state index is 13.1. The van der Waals surface area contributed by atoms with Gasteiger partial charge in [-0.1, -0.05) is 36.4 Å². The van der Waals surface area contributed by atoms with Crippen molar-refractivity contribution in [1.29, 1.82) is 0 Å². The molecule has 0 heterocycles. The first-order valence-electron chi connectivity index (χ1n) is 12.9. The monoisotopic (exact) mass is 556 g/mol. The van der Waals surface area contributed by atoms with Gasteiger partial charge >= 0.3 is 0 Å².